The lowest BCUT2D eigenvalue weighted by Gasteiger charge is -2.31. The molecular formula is C15H21N3O2. The van der Waals surface area contributed by atoms with E-state index in [2.05, 4.69) is 10.6 Å². The second-order valence-electron chi connectivity index (χ2n) is 5.43. The summed E-state index contributed by atoms with van der Waals surface area (Å²) >= 11 is 0. The van der Waals surface area contributed by atoms with Gasteiger partial charge in [-0.2, -0.15) is 0 Å². The average Bonchev–Trinajstić information content (AvgIpc) is 2.39. The summed E-state index contributed by atoms with van der Waals surface area (Å²) in [6, 6.07) is 7.07. The molecule has 1 aliphatic rings. The van der Waals surface area contributed by atoms with Crippen LogP contribution in [0.4, 0.5) is 11.4 Å². The fraction of sp³-hybridized carbons (Fsp3) is 0.467. The minimum absolute atomic E-state index is 0.142. The molecule has 1 aliphatic carbocycles. The van der Waals surface area contributed by atoms with E-state index in [1.807, 2.05) is 0 Å². The van der Waals surface area contributed by atoms with Gasteiger partial charge in [-0.1, -0.05) is 25.3 Å². The quantitative estimate of drug-likeness (QED) is 0.791. The van der Waals surface area contributed by atoms with Crippen LogP contribution in [0.15, 0.2) is 24.3 Å². The molecule has 4 N–H and O–H groups in total. The van der Waals surface area contributed by atoms with Crippen molar-refractivity contribution in [1.29, 1.82) is 0 Å². The molecule has 0 atom stereocenters. The number of hydrogen-bond donors (Lipinski definition) is 3. The highest BCUT2D eigenvalue weighted by atomic mass is 16.2. The van der Waals surface area contributed by atoms with E-state index in [9.17, 15) is 9.59 Å². The molecule has 0 unspecified atom stereocenters. The summed E-state index contributed by atoms with van der Waals surface area (Å²) in [6.07, 6.45) is 4.59. The first-order chi connectivity index (χ1) is 9.49. The fourth-order valence-electron chi connectivity index (χ4n) is 2.54. The third-order valence-electron chi connectivity index (χ3n) is 3.64. The molecule has 0 aromatic heterocycles. The van der Waals surface area contributed by atoms with E-state index in [0.717, 1.165) is 32.1 Å². The lowest BCUT2D eigenvalue weighted by Crippen LogP contribution is -2.52. The highest BCUT2D eigenvalue weighted by molar-refractivity contribution is 5.98. The summed E-state index contributed by atoms with van der Waals surface area (Å²) in [4.78, 5) is 23.3. The number of anilines is 2. The second kappa shape index (κ2) is 6.05. The summed E-state index contributed by atoms with van der Waals surface area (Å²) in [5.74, 6) is -0.284. The zero-order chi connectivity index (χ0) is 14.6. The minimum atomic E-state index is -0.762. The van der Waals surface area contributed by atoms with Gasteiger partial charge in [-0.25, -0.2) is 0 Å². The van der Waals surface area contributed by atoms with E-state index in [1.165, 1.54) is 6.92 Å². The van der Waals surface area contributed by atoms with Crippen LogP contribution in [0.2, 0.25) is 0 Å². The molecule has 108 valence electrons. The van der Waals surface area contributed by atoms with Crippen LogP contribution < -0.4 is 16.4 Å². The van der Waals surface area contributed by atoms with E-state index < -0.39 is 5.54 Å². The molecule has 0 bridgehead atoms. The first-order valence-corrected chi connectivity index (χ1v) is 6.98. The Balaban J connectivity index is 2.05. The van der Waals surface area contributed by atoms with Gasteiger partial charge in [0.1, 0.15) is 0 Å². The van der Waals surface area contributed by atoms with Crippen molar-refractivity contribution in [3.8, 4) is 0 Å². The first-order valence-electron chi connectivity index (χ1n) is 6.98. The van der Waals surface area contributed by atoms with E-state index >= 15 is 0 Å². The number of hydrogen-bond acceptors (Lipinski definition) is 3. The van der Waals surface area contributed by atoms with Crippen molar-refractivity contribution in [2.45, 2.75) is 44.6 Å². The Morgan fingerprint density at radius 3 is 2.30 bits per heavy atom. The number of nitrogens with two attached hydrogens (primary N) is 1. The lowest BCUT2D eigenvalue weighted by atomic mass is 9.82. The highest BCUT2D eigenvalue weighted by Crippen LogP contribution is 2.27. The van der Waals surface area contributed by atoms with Crippen LogP contribution in [0.25, 0.3) is 0 Å². The van der Waals surface area contributed by atoms with E-state index in [-0.39, 0.29) is 11.8 Å². The molecule has 1 fully saturated rings. The molecule has 5 heteroatoms. The van der Waals surface area contributed by atoms with Gasteiger partial charge in [0, 0.05) is 18.3 Å². The van der Waals surface area contributed by atoms with Crippen LogP contribution in [0, 0.1) is 0 Å². The summed E-state index contributed by atoms with van der Waals surface area (Å²) in [6.45, 7) is 1.45. The summed E-state index contributed by atoms with van der Waals surface area (Å²) < 4.78 is 0. The molecule has 0 aliphatic heterocycles. The minimum Gasteiger partial charge on any atom is -0.326 e. The number of carbonyl (C=O) groups excluding carboxylic acids is 2. The molecule has 2 amide bonds. The van der Waals surface area contributed by atoms with Crippen molar-refractivity contribution < 1.29 is 9.59 Å². The van der Waals surface area contributed by atoms with Crippen molar-refractivity contribution >= 4 is 23.2 Å². The SMILES string of the molecule is CC(=O)Nc1cccc(NC(=O)C2(N)CCCCC2)c1. The number of amides is 2. The van der Waals surface area contributed by atoms with Crippen LogP contribution in [0.1, 0.15) is 39.0 Å². The van der Waals surface area contributed by atoms with Crippen LogP contribution in [0.5, 0.6) is 0 Å². The maximum absolute atomic E-state index is 12.3. The summed E-state index contributed by atoms with van der Waals surface area (Å²) in [5, 5.41) is 5.54. The van der Waals surface area contributed by atoms with Gasteiger partial charge in [0.05, 0.1) is 5.54 Å². The van der Waals surface area contributed by atoms with Crippen molar-refractivity contribution in [2.75, 3.05) is 10.6 Å². The number of nitrogens with one attached hydrogen (secondary N) is 2. The molecular weight excluding hydrogens is 254 g/mol. The number of carbonyl (C=O) groups is 2. The first kappa shape index (κ1) is 14.5. The zero-order valence-electron chi connectivity index (χ0n) is 11.7. The Hall–Kier alpha value is -1.88. The van der Waals surface area contributed by atoms with Gasteiger partial charge in [0.15, 0.2) is 0 Å². The van der Waals surface area contributed by atoms with E-state index in [4.69, 9.17) is 5.73 Å². The van der Waals surface area contributed by atoms with E-state index in [0.29, 0.717) is 11.4 Å². The molecule has 1 aromatic rings. The van der Waals surface area contributed by atoms with E-state index in [1.54, 1.807) is 24.3 Å². The van der Waals surface area contributed by atoms with Gasteiger partial charge in [-0.15, -0.1) is 0 Å². The Kier molecular flexibility index (Phi) is 4.39. The highest BCUT2D eigenvalue weighted by Gasteiger charge is 2.35. The smallest absolute Gasteiger partial charge is 0.244 e. The van der Waals surface area contributed by atoms with Gasteiger partial charge < -0.3 is 16.4 Å². The molecule has 0 spiro atoms. The van der Waals surface area contributed by atoms with Crippen molar-refractivity contribution in [3.05, 3.63) is 24.3 Å². The lowest BCUT2D eigenvalue weighted by molar-refractivity contribution is -0.122. The number of rotatable bonds is 3. The molecule has 0 saturated heterocycles. The Morgan fingerprint density at radius 2 is 1.70 bits per heavy atom. The molecule has 0 radical (unpaired) electrons. The molecule has 20 heavy (non-hydrogen) atoms. The standard InChI is InChI=1S/C15H21N3O2/c1-11(19)17-12-6-5-7-13(10-12)18-14(20)15(16)8-3-2-4-9-15/h5-7,10H,2-4,8-9,16H2,1H3,(H,17,19)(H,18,20). The number of benzene rings is 1. The van der Waals surface area contributed by atoms with Crippen LogP contribution in [0.3, 0.4) is 0 Å². The van der Waals surface area contributed by atoms with Gasteiger partial charge in [-0.3, -0.25) is 9.59 Å². The largest absolute Gasteiger partial charge is 0.326 e. The predicted octanol–water partition coefficient (Wildman–Crippen LogP) is 2.25. The van der Waals surface area contributed by atoms with Crippen molar-refractivity contribution in [3.63, 3.8) is 0 Å². The molecule has 1 saturated carbocycles. The van der Waals surface area contributed by atoms with Crippen molar-refractivity contribution in [2.24, 2.45) is 5.73 Å². The topological polar surface area (TPSA) is 84.2 Å². The third kappa shape index (κ3) is 3.57. The maximum atomic E-state index is 12.3. The van der Waals surface area contributed by atoms with Gasteiger partial charge in [-0.05, 0) is 31.0 Å². The fourth-order valence-corrected chi connectivity index (χ4v) is 2.54. The Morgan fingerprint density at radius 1 is 1.10 bits per heavy atom. The summed E-state index contributed by atoms with van der Waals surface area (Å²) in [7, 11) is 0. The van der Waals surface area contributed by atoms with Gasteiger partial charge in [0.25, 0.3) is 0 Å². The molecule has 0 heterocycles. The Labute approximate surface area is 118 Å². The molecule has 2 rings (SSSR count). The molecule has 5 nitrogen and oxygen atoms in total. The summed E-state index contributed by atoms with van der Waals surface area (Å²) in [5.41, 5.74) is 6.73. The van der Waals surface area contributed by atoms with Gasteiger partial charge >= 0.3 is 0 Å². The van der Waals surface area contributed by atoms with Crippen LogP contribution in [-0.4, -0.2) is 17.4 Å². The molecule has 1 aromatic carbocycles. The zero-order valence-corrected chi connectivity index (χ0v) is 11.7. The maximum Gasteiger partial charge on any atom is 0.244 e. The van der Waals surface area contributed by atoms with Crippen molar-refractivity contribution in [1.82, 2.24) is 0 Å². The third-order valence-corrected chi connectivity index (χ3v) is 3.64. The van der Waals surface area contributed by atoms with Crippen LogP contribution >= 0.6 is 0 Å². The predicted molar refractivity (Wildman–Crippen MR) is 79.4 cm³/mol. The second-order valence-corrected chi connectivity index (χ2v) is 5.43. The monoisotopic (exact) mass is 275 g/mol. The Bertz CT molecular complexity index is 508. The van der Waals surface area contributed by atoms with Gasteiger partial charge in [0.2, 0.25) is 11.8 Å². The average molecular weight is 275 g/mol. The normalized spacial score (nSPS) is 17.3. The van der Waals surface area contributed by atoms with Crippen LogP contribution in [-0.2, 0) is 9.59 Å².